The zero-order chi connectivity index (χ0) is 24.5. The third-order valence-electron chi connectivity index (χ3n) is 4.99. The molecule has 4 rings (SSSR count). The van der Waals surface area contributed by atoms with Crippen LogP contribution in [0.3, 0.4) is 0 Å². The maximum atomic E-state index is 9.93. The summed E-state index contributed by atoms with van der Waals surface area (Å²) in [6.45, 7) is 10.9. The van der Waals surface area contributed by atoms with Gasteiger partial charge in [0.25, 0.3) is 0 Å². The Kier molecular flexibility index (Phi) is 15.5. The number of fused-ring (bicyclic) bond motifs is 1. The molecule has 1 aromatic carbocycles. The van der Waals surface area contributed by atoms with Crippen molar-refractivity contribution in [3.8, 4) is 0 Å². The van der Waals surface area contributed by atoms with E-state index in [4.69, 9.17) is 11.6 Å². The average Bonchev–Trinajstić information content (AvgIpc) is 3.49. The second-order valence-electron chi connectivity index (χ2n) is 7.10. The first kappa shape index (κ1) is 29.2. The van der Waals surface area contributed by atoms with Crippen LogP contribution in [0.1, 0.15) is 71.5 Å². The number of halogens is 1. The van der Waals surface area contributed by atoms with Gasteiger partial charge in [0.1, 0.15) is 5.65 Å². The first-order valence-electron chi connectivity index (χ1n) is 12.0. The molecule has 0 aliphatic heterocycles. The van der Waals surface area contributed by atoms with Crippen molar-refractivity contribution in [3.63, 3.8) is 0 Å². The summed E-state index contributed by atoms with van der Waals surface area (Å²) in [6, 6.07) is 13.2. The topological polar surface area (TPSA) is 59.8 Å². The molecule has 0 saturated heterocycles. The van der Waals surface area contributed by atoms with Crippen LogP contribution in [0, 0.1) is 6.92 Å². The summed E-state index contributed by atoms with van der Waals surface area (Å²) in [5, 5.41) is 5.29. The number of nitrogens with one attached hydrogen (secondary N) is 1. The molecule has 2 heterocycles. The molecule has 1 N–H and O–H groups in total. The van der Waals surface area contributed by atoms with Gasteiger partial charge in [0.05, 0.1) is 0 Å². The molecule has 2 aromatic heterocycles. The summed E-state index contributed by atoms with van der Waals surface area (Å²) in [5.41, 5.74) is 2.25. The zero-order valence-electron chi connectivity index (χ0n) is 20.7. The zero-order valence-corrected chi connectivity index (χ0v) is 23.2. The van der Waals surface area contributed by atoms with E-state index in [1.54, 1.807) is 0 Å². The number of benzene rings is 1. The van der Waals surface area contributed by atoms with Crippen molar-refractivity contribution in [2.75, 3.05) is 6.54 Å². The van der Waals surface area contributed by atoms with E-state index >= 15 is 0 Å². The first-order chi connectivity index (χ1) is 16.2. The minimum absolute atomic E-state index is 0.338. The molecule has 33 heavy (non-hydrogen) atoms. The summed E-state index contributed by atoms with van der Waals surface area (Å²) in [4.78, 5) is 18.3. The number of carbonyl (C=O) groups excluding carboxylic acids is 1. The van der Waals surface area contributed by atoms with E-state index in [-0.39, 0.29) is 0 Å². The predicted molar refractivity (Wildman–Crippen MR) is 143 cm³/mol. The van der Waals surface area contributed by atoms with Gasteiger partial charge in [-0.3, -0.25) is 0 Å². The van der Waals surface area contributed by atoms with Crippen LogP contribution < -0.4 is 9.78 Å². The molecule has 0 spiro atoms. The fourth-order valence-electron chi connectivity index (χ4n) is 3.68. The van der Waals surface area contributed by atoms with Crippen molar-refractivity contribution in [2.45, 2.75) is 78.1 Å². The fraction of sp³-hybridized carbons (Fsp3) is 0.500. The van der Waals surface area contributed by atoms with Gasteiger partial charge >= 0.3 is 84.6 Å². The summed E-state index contributed by atoms with van der Waals surface area (Å²) >= 11 is 6.43. The molecule has 0 atom stereocenters. The van der Waals surface area contributed by atoms with Gasteiger partial charge in [-0.1, -0.05) is 40.5 Å². The van der Waals surface area contributed by atoms with Crippen LogP contribution in [-0.2, 0) is 4.79 Å². The van der Waals surface area contributed by atoms with E-state index < -0.39 is 0 Å². The van der Waals surface area contributed by atoms with Gasteiger partial charge in [0.2, 0.25) is 5.28 Å². The van der Waals surface area contributed by atoms with Crippen molar-refractivity contribution >= 4 is 48.5 Å². The quantitative estimate of drug-likeness (QED) is 0.171. The van der Waals surface area contributed by atoms with Crippen LogP contribution >= 0.6 is 11.6 Å². The molecule has 5 nitrogen and oxygen atoms in total. The summed E-state index contributed by atoms with van der Waals surface area (Å²) in [6.07, 6.45) is 8.80. The van der Waals surface area contributed by atoms with Crippen molar-refractivity contribution in [3.05, 3.63) is 53.6 Å². The Morgan fingerprint density at radius 1 is 1.15 bits per heavy atom. The molecule has 1 aliphatic carbocycles. The summed E-state index contributed by atoms with van der Waals surface area (Å²) in [7, 11) is 0. The number of amides is 1. The monoisotopic (exact) mass is 538 g/mol. The summed E-state index contributed by atoms with van der Waals surface area (Å²) in [5.74, 6) is 0. The molecule has 0 radical (unpaired) electrons. The Labute approximate surface area is 210 Å². The number of nitrogens with zero attached hydrogens (tertiary/aromatic N) is 3. The van der Waals surface area contributed by atoms with Gasteiger partial charge in [-0.2, -0.15) is 4.98 Å². The van der Waals surface area contributed by atoms with E-state index in [0.29, 0.717) is 26.3 Å². The number of aryl methyl sites for hydroxylation is 1. The van der Waals surface area contributed by atoms with Gasteiger partial charge in [-0.05, 0) is 37.4 Å². The molecule has 1 fully saturated rings. The number of rotatable bonds is 7. The Morgan fingerprint density at radius 2 is 1.82 bits per heavy atom. The summed E-state index contributed by atoms with van der Waals surface area (Å²) < 4.78 is 3.76. The molecule has 0 bridgehead atoms. The predicted octanol–water partition coefficient (Wildman–Crippen LogP) is 6.13. The van der Waals surface area contributed by atoms with Crippen molar-refractivity contribution < 1.29 is 4.79 Å². The van der Waals surface area contributed by atoms with Crippen LogP contribution in [0.2, 0.25) is 10.6 Å². The average molecular weight is 538 g/mol. The number of aromatic nitrogens is 3. The van der Waals surface area contributed by atoms with E-state index in [9.17, 15) is 4.79 Å². The van der Waals surface area contributed by atoms with Crippen LogP contribution in [0.25, 0.3) is 11.0 Å². The Hall–Kier alpha value is -1.88. The number of hydrogen-bond donors (Lipinski definition) is 1. The van der Waals surface area contributed by atoms with Crippen molar-refractivity contribution in [2.24, 2.45) is 0 Å². The second kappa shape index (κ2) is 17.6. The van der Waals surface area contributed by atoms with Gasteiger partial charge in [-0.25, -0.2) is 4.98 Å². The van der Waals surface area contributed by atoms with E-state index in [1.165, 1.54) is 41.2 Å². The fourth-order valence-corrected chi connectivity index (χ4v) is 5.64. The van der Waals surface area contributed by atoms with Gasteiger partial charge in [-0.15, -0.1) is 0 Å². The maximum absolute atomic E-state index is 9.93. The van der Waals surface area contributed by atoms with E-state index in [1.807, 2.05) is 40.0 Å². The van der Waals surface area contributed by atoms with Crippen molar-refractivity contribution in [1.82, 2.24) is 19.9 Å². The van der Waals surface area contributed by atoms with Gasteiger partial charge in [0.15, 0.2) is 0 Å². The van der Waals surface area contributed by atoms with E-state index in [0.717, 1.165) is 30.4 Å². The third-order valence-corrected chi connectivity index (χ3v) is 7.48. The standard InChI is InChI=1S/C12H14ClN3.C10H13NOSe.2C2H6/c1-8-6-9-7-14-12(13)15-11(9)16(8)10-4-2-3-5-10;12-9-11-7-4-8-13-10-5-2-1-3-6-10;2*1-2/h6-7,10H,2-5H2,1H3;1-3,5-6,9H,4,7-8H2,(H,11,12);2*1-2H3. The molecule has 1 saturated carbocycles. The van der Waals surface area contributed by atoms with Gasteiger partial charge in [0, 0.05) is 23.3 Å². The van der Waals surface area contributed by atoms with Crippen LogP contribution in [-0.4, -0.2) is 42.4 Å². The third kappa shape index (κ3) is 9.87. The normalized spacial score (nSPS) is 12.5. The first-order valence-corrected chi connectivity index (χ1v) is 14.5. The molecule has 3 aromatic rings. The Balaban J connectivity index is 0.000000293. The molecular weight excluding hydrogens is 499 g/mol. The molecule has 7 heteroatoms. The molecular formula is C26H39ClN4OSe. The van der Waals surface area contributed by atoms with Crippen LogP contribution in [0.4, 0.5) is 0 Å². The second-order valence-corrected chi connectivity index (χ2v) is 9.89. The van der Waals surface area contributed by atoms with E-state index in [2.05, 4.69) is 57.1 Å². The SMILES string of the molecule is CC.CC.Cc1cc2cnc(Cl)nc2n1C1CCCC1.O=CNCCC[Se]c1ccccc1. The Bertz CT molecular complexity index is 911. The van der Waals surface area contributed by atoms with Crippen LogP contribution in [0.15, 0.2) is 42.6 Å². The molecule has 0 unspecified atom stereocenters. The minimum atomic E-state index is 0.338. The number of carbonyl (C=O) groups is 1. The Morgan fingerprint density at radius 3 is 2.45 bits per heavy atom. The number of hydrogen-bond acceptors (Lipinski definition) is 3. The van der Waals surface area contributed by atoms with Crippen LogP contribution in [0.5, 0.6) is 0 Å². The molecule has 1 aliphatic rings. The van der Waals surface area contributed by atoms with Crippen molar-refractivity contribution in [1.29, 1.82) is 0 Å². The van der Waals surface area contributed by atoms with Gasteiger partial charge < -0.3 is 4.57 Å². The molecule has 1 amide bonds. The molecule has 182 valence electrons.